The van der Waals surface area contributed by atoms with E-state index in [0.29, 0.717) is 31.0 Å². The molecule has 0 spiro atoms. The monoisotopic (exact) mass is 420 g/mol. The van der Waals surface area contributed by atoms with Crippen LogP contribution in [-0.2, 0) is 19.2 Å². The van der Waals surface area contributed by atoms with E-state index in [9.17, 15) is 19.2 Å². The van der Waals surface area contributed by atoms with Crippen molar-refractivity contribution < 1.29 is 19.2 Å². The van der Waals surface area contributed by atoms with Gasteiger partial charge in [-0.1, -0.05) is 23.7 Å². The van der Waals surface area contributed by atoms with Crippen LogP contribution in [0.5, 0.6) is 0 Å². The molecule has 2 saturated heterocycles. The second kappa shape index (κ2) is 9.73. The van der Waals surface area contributed by atoms with Crippen LogP contribution in [0.3, 0.4) is 0 Å². The summed E-state index contributed by atoms with van der Waals surface area (Å²) >= 11 is 5.95. The van der Waals surface area contributed by atoms with Crippen LogP contribution in [0.15, 0.2) is 24.3 Å². The van der Waals surface area contributed by atoms with Gasteiger partial charge in [0.1, 0.15) is 0 Å². The number of benzene rings is 1. The summed E-state index contributed by atoms with van der Waals surface area (Å²) in [6, 6.07) is 6.51. The molecule has 2 N–H and O–H groups in total. The van der Waals surface area contributed by atoms with Crippen molar-refractivity contribution in [3.63, 3.8) is 0 Å². The van der Waals surface area contributed by atoms with Crippen LogP contribution in [0.2, 0.25) is 5.02 Å². The van der Waals surface area contributed by atoms with E-state index in [1.54, 1.807) is 24.3 Å². The second-order valence-electron chi connectivity index (χ2n) is 7.31. The molecular formula is C20H25ClN4O4. The van der Waals surface area contributed by atoms with Crippen LogP contribution >= 0.6 is 11.6 Å². The molecule has 3 rings (SSSR count). The summed E-state index contributed by atoms with van der Waals surface area (Å²) in [7, 11) is 0. The first-order valence-electron chi connectivity index (χ1n) is 9.79. The van der Waals surface area contributed by atoms with Crippen molar-refractivity contribution in [1.29, 1.82) is 0 Å². The van der Waals surface area contributed by atoms with Gasteiger partial charge in [-0.2, -0.15) is 0 Å². The van der Waals surface area contributed by atoms with Crippen LogP contribution in [0.4, 0.5) is 0 Å². The van der Waals surface area contributed by atoms with Crippen LogP contribution in [-0.4, -0.2) is 66.2 Å². The van der Waals surface area contributed by atoms with Crippen molar-refractivity contribution in [3.8, 4) is 0 Å². The number of carbonyl (C=O) groups is 4. The van der Waals surface area contributed by atoms with E-state index in [-0.39, 0.29) is 43.3 Å². The Hall–Kier alpha value is -2.61. The summed E-state index contributed by atoms with van der Waals surface area (Å²) in [5.41, 5.74) is 0.785. The highest BCUT2D eigenvalue weighted by Crippen LogP contribution is 2.17. The summed E-state index contributed by atoms with van der Waals surface area (Å²) in [6.45, 7) is 1.36. The second-order valence-corrected chi connectivity index (χ2v) is 7.75. The molecule has 1 aromatic carbocycles. The number of hydrogen-bond donors (Lipinski definition) is 2. The van der Waals surface area contributed by atoms with E-state index in [0.717, 1.165) is 18.4 Å². The SMILES string of the molecule is O=C(CN1CCCC1=O)NC[C@H](NC(=O)CN1CCCC1=O)c1ccc(Cl)cc1. The molecule has 1 aromatic rings. The van der Waals surface area contributed by atoms with E-state index in [4.69, 9.17) is 11.6 Å². The smallest absolute Gasteiger partial charge is 0.240 e. The van der Waals surface area contributed by atoms with Gasteiger partial charge in [0.25, 0.3) is 0 Å². The fourth-order valence-corrected chi connectivity index (χ4v) is 3.67. The van der Waals surface area contributed by atoms with Gasteiger partial charge in [0.05, 0.1) is 19.1 Å². The first-order chi connectivity index (χ1) is 13.9. The predicted octanol–water partition coefficient (Wildman–Crippen LogP) is 0.858. The zero-order valence-corrected chi connectivity index (χ0v) is 16.9. The molecule has 0 aromatic heterocycles. The quantitative estimate of drug-likeness (QED) is 0.651. The Morgan fingerprint density at radius 2 is 1.48 bits per heavy atom. The van der Waals surface area contributed by atoms with Crippen LogP contribution in [0.1, 0.15) is 37.3 Å². The third-order valence-corrected chi connectivity index (χ3v) is 5.37. The molecule has 2 aliphatic heterocycles. The summed E-state index contributed by atoms with van der Waals surface area (Å²) in [6.07, 6.45) is 2.48. The summed E-state index contributed by atoms with van der Waals surface area (Å²) < 4.78 is 0. The fourth-order valence-electron chi connectivity index (χ4n) is 3.55. The third-order valence-electron chi connectivity index (χ3n) is 5.12. The lowest BCUT2D eigenvalue weighted by Crippen LogP contribution is -2.44. The lowest BCUT2D eigenvalue weighted by molar-refractivity contribution is -0.133. The third kappa shape index (κ3) is 5.93. The normalized spacial score (nSPS) is 17.6. The lowest BCUT2D eigenvalue weighted by Gasteiger charge is -2.23. The Bertz CT molecular complexity index is 783. The number of nitrogens with zero attached hydrogens (tertiary/aromatic N) is 2. The van der Waals surface area contributed by atoms with Gasteiger partial charge in [-0.3, -0.25) is 19.2 Å². The summed E-state index contributed by atoms with van der Waals surface area (Å²) in [5.74, 6) is -0.600. The molecule has 4 amide bonds. The van der Waals surface area contributed by atoms with Gasteiger partial charge < -0.3 is 20.4 Å². The van der Waals surface area contributed by atoms with Crippen LogP contribution in [0, 0.1) is 0 Å². The maximum absolute atomic E-state index is 12.5. The molecule has 2 fully saturated rings. The minimum absolute atomic E-state index is 0.000844. The van der Waals surface area contributed by atoms with Crippen molar-refractivity contribution in [3.05, 3.63) is 34.9 Å². The number of nitrogens with one attached hydrogen (secondary N) is 2. The van der Waals surface area contributed by atoms with Crippen molar-refractivity contribution in [1.82, 2.24) is 20.4 Å². The summed E-state index contributed by atoms with van der Waals surface area (Å²) in [5, 5.41) is 6.24. The highest BCUT2D eigenvalue weighted by Gasteiger charge is 2.25. The van der Waals surface area contributed by atoms with Gasteiger partial charge in [0.15, 0.2) is 0 Å². The maximum atomic E-state index is 12.5. The number of halogens is 1. The standard InChI is InChI=1S/C20H25ClN4O4/c21-15-7-5-14(6-8-15)16(23-18(27)13-25-10-2-4-20(25)29)11-22-17(26)12-24-9-1-3-19(24)28/h5-8,16H,1-4,9-13H2,(H,22,26)(H,23,27)/t16-/m0/s1. The van der Waals surface area contributed by atoms with Crippen molar-refractivity contribution >= 4 is 35.2 Å². The highest BCUT2D eigenvalue weighted by atomic mass is 35.5. The summed E-state index contributed by atoms with van der Waals surface area (Å²) in [4.78, 5) is 51.2. The first-order valence-corrected chi connectivity index (χ1v) is 10.2. The Labute approximate surface area is 174 Å². The number of rotatable bonds is 8. The van der Waals surface area contributed by atoms with E-state index in [1.807, 2.05) is 0 Å². The van der Waals surface area contributed by atoms with E-state index < -0.39 is 6.04 Å². The minimum Gasteiger partial charge on any atom is -0.352 e. The fraction of sp³-hybridized carbons (Fsp3) is 0.500. The zero-order valence-electron chi connectivity index (χ0n) is 16.2. The number of carbonyl (C=O) groups excluding carboxylic acids is 4. The highest BCUT2D eigenvalue weighted by molar-refractivity contribution is 6.30. The topological polar surface area (TPSA) is 98.8 Å². The molecule has 156 valence electrons. The van der Waals surface area contributed by atoms with Crippen molar-refractivity contribution in [2.75, 3.05) is 32.7 Å². The van der Waals surface area contributed by atoms with E-state index >= 15 is 0 Å². The molecule has 1 atom stereocenters. The molecular weight excluding hydrogens is 396 g/mol. The molecule has 8 nitrogen and oxygen atoms in total. The first kappa shape index (κ1) is 21.1. The number of likely N-dealkylation sites (tertiary alicyclic amines) is 2. The number of amides is 4. The Morgan fingerprint density at radius 1 is 0.931 bits per heavy atom. The van der Waals surface area contributed by atoms with Crippen LogP contribution in [0.25, 0.3) is 0 Å². The molecule has 0 aliphatic carbocycles. The van der Waals surface area contributed by atoms with Gasteiger partial charge >= 0.3 is 0 Å². The largest absolute Gasteiger partial charge is 0.352 e. The van der Waals surface area contributed by atoms with Crippen molar-refractivity contribution in [2.45, 2.75) is 31.7 Å². The Kier molecular flexibility index (Phi) is 7.09. The maximum Gasteiger partial charge on any atom is 0.240 e. The van der Waals surface area contributed by atoms with Gasteiger partial charge in [0.2, 0.25) is 23.6 Å². The molecule has 0 saturated carbocycles. The zero-order chi connectivity index (χ0) is 20.8. The minimum atomic E-state index is -0.476. The molecule has 0 radical (unpaired) electrons. The van der Waals surface area contributed by atoms with Crippen LogP contribution < -0.4 is 10.6 Å². The average molecular weight is 421 g/mol. The number of hydrogen-bond acceptors (Lipinski definition) is 4. The lowest BCUT2D eigenvalue weighted by atomic mass is 10.1. The average Bonchev–Trinajstić information content (AvgIpc) is 3.28. The molecule has 0 bridgehead atoms. The molecule has 29 heavy (non-hydrogen) atoms. The van der Waals surface area contributed by atoms with Gasteiger partial charge in [-0.25, -0.2) is 0 Å². The molecule has 9 heteroatoms. The van der Waals surface area contributed by atoms with Gasteiger partial charge in [-0.05, 0) is 30.5 Å². The molecule has 2 aliphatic rings. The van der Waals surface area contributed by atoms with E-state index in [2.05, 4.69) is 10.6 Å². The Morgan fingerprint density at radius 3 is 2.00 bits per heavy atom. The molecule has 2 heterocycles. The Balaban J connectivity index is 1.59. The van der Waals surface area contributed by atoms with Gasteiger partial charge in [-0.15, -0.1) is 0 Å². The molecule has 0 unspecified atom stereocenters. The van der Waals surface area contributed by atoms with E-state index in [1.165, 1.54) is 9.80 Å². The van der Waals surface area contributed by atoms with Gasteiger partial charge in [0, 0.05) is 37.5 Å². The van der Waals surface area contributed by atoms with Crippen molar-refractivity contribution in [2.24, 2.45) is 0 Å². The predicted molar refractivity (Wildman–Crippen MR) is 107 cm³/mol.